The Labute approximate surface area is 139 Å². The average molecular weight is 317 g/mol. The maximum atomic E-state index is 14.1. The van der Waals surface area contributed by atoms with Crippen molar-refractivity contribution in [2.24, 2.45) is 5.92 Å². The Morgan fingerprint density at radius 3 is 2.65 bits per heavy atom. The van der Waals surface area contributed by atoms with Gasteiger partial charge in [-0.25, -0.2) is 4.39 Å². The minimum Gasteiger partial charge on any atom is -0.320 e. The Kier molecular flexibility index (Phi) is 6.82. The summed E-state index contributed by atoms with van der Waals surface area (Å²) in [6.45, 7) is 5.62. The minimum atomic E-state index is -0.385. The smallest absolute Gasteiger partial charge is 0.247 e. The number of hydrogen-bond donors (Lipinski definition) is 1. The van der Waals surface area contributed by atoms with Crippen molar-refractivity contribution in [3.63, 3.8) is 0 Å². The first kappa shape index (κ1) is 17.7. The van der Waals surface area contributed by atoms with Crippen molar-refractivity contribution < 1.29 is 9.18 Å². The zero-order valence-corrected chi connectivity index (χ0v) is 14.1. The van der Waals surface area contributed by atoms with Crippen LogP contribution < -0.4 is 5.32 Å². The van der Waals surface area contributed by atoms with Gasteiger partial charge < -0.3 is 5.32 Å². The van der Waals surface area contributed by atoms with E-state index in [0.717, 1.165) is 30.4 Å². The molecule has 0 aromatic heterocycles. The SMILES string of the molecule is C=CC(=O)Nc1ccc(C2CCC(CCCCC)CC2)cc1F. The van der Waals surface area contributed by atoms with E-state index < -0.39 is 0 Å². The molecule has 2 rings (SSSR count). The molecule has 0 atom stereocenters. The van der Waals surface area contributed by atoms with Crippen LogP contribution in [0.25, 0.3) is 0 Å². The second-order valence-corrected chi connectivity index (χ2v) is 6.65. The molecular formula is C20H28FNO. The monoisotopic (exact) mass is 317 g/mol. The largest absolute Gasteiger partial charge is 0.320 e. The molecule has 1 aromatic carbocycles. The number of carbonyl (C=O) groups is 1. The Balaban J connectivity index is 1.89. The zero-order valence-electron chi connectivity index (χ0n) is 14.1. The average Bonchev–Trinajstić information content (AvgIpc) is 2.57. The van der Waals surface area contributed by atoms with Crippen molar-refractivity contribution in [2.75, 3.05) is 5.32 Å². The standard InChI is InChI=1S/C20H28FNO/c1-3-5-6-7-15-8-10-16(11-9-15)17-12-13-19(18(21)14-17)22-20(23)4-2/h4,12-16H,2-3,5-11H2,1H3,(H,22,23). The van der Waals surface area contributed by atoms with Crippen LogP contribution in [0, 0.1) is 11.7 Å². The lowest BCUT2D eigenvalue weighted by molar-refractivity contribution is -0.111. The van der Waals surface area contributed by atoms with Gasteiger partial charge in [0.1, 0.15) is 5.82 Å². The molecule has 0 unspecified atom stereocenters. The van der Waals surface area contributed by atoms with Gasteiger partial charge in [0.25, 0.3) is 0 Å². The molecule has 1 saturated carbocycles. The highest BCUT2D eigenvalue weighted by molar-refractivity contribution is 5.98. The highest BCUT2D eigenvalue weighted by Gasteiger charge is 2.22. The number of carbonyl (C=O) groups excluding carboxylic acids is 1. The Bertz CT molecular complexity index is 532. The quantitative estimate of drug-likeness (QED) is 0.499. The predicted molar refractivity (Wildman–Crippen MR) is 94.1 cm³/mol. The van der Waals surface area contributed by atoms with Crippen LogP contribution >= 0.6 is 0 Å². The van der Waals surface area contributed by atoms with E-state index in [9.17, 15) is 9.18 Å². The summed E-state index contributed by atoms with van der Waals surface area (Å²) in [6.07, 6.45) is 11.3. The minimum absolute atomic E-state index is 0.229. The van der Waals surface area contributed by atoms with Crippen LogP contribution in [-0.2, 0) is 4.79 Å². The van der Waals surface area contributed by atoms with E-state index in [1.54, 1.807) is 12.1 Å². The van der Waals surface area contributed by atoms with Gasteiger partial charge in [0.15, 0.2) is 0 Å². The summed E-state index contributed by atoms with van der Waals surface area (Å²) < 4.78 is 14.1. The molecule has 1 amide bonds. The molecule has 0 radical (unpaired) electrons. The van der Waals surface area contributed by atoms with Crippen LogP contribution in [0.2, 0.25) is 0 Å². The Morgan fingerprint density at radius 2 is 2.04 bits per heavy atom. The maximum absolute atomic E-state index is 14.1. The molecule has 0 spiro atoms. The molecule has 0 saturated heterocycles. The number of rotatable bonds is 7. The molecule has 1 N–H and O–H groups in total. The van der Waals surface area contributed by atoms with E-state index in [-0.39, 0.29) is 17.4 Å². The first-order valence-electron chi connectivity index (χ1n) is 8.87. The summed E-state index contributed by atoms with van der Waals surface area (Å²) in [4.78, 5) is 11.3. The van der Waals surface area contributed by atoms with Gasteiger partial charge in [0.2, 0.25) is 5.91 Å². The topological polar surface area (TPSA) is 29.1 Å². The van der Waals surface area contributed by atoms with E-state index in [4.69, 9.17) is 0 Å². The molecule has 0 heterocycles. The van der Waals surface area contributed by atoms with Crippen LogP contribution in [-0.4, -0.2) is 5.91 Å². The Morgan fingerprint density at radius 1 is 1.30 bits per heavy atom. The van der Waals surface area contributed by atoms with Crippen molar-refractivity contribution in [2.45, 2.75) is 64.2 Å². The molecule has 2 nitrogen and oxygen atoms in total. The molecule has 1 fully saturated rings. The normalized spacial score (nSPS) is 21.0. The summed E-state index contributed by atoms with van der Waals surface area (Å²) in [5, 5.41) is 2.49. The highest BCUT2D eigenvalue weighted by Crippen LogP contribution is 2.38. The number of amides is 1. The third-order valence-electron chi connectivity index (χ3n) is 4.97. The van der Waals surface area contributed by atoms with Crippen LogP contribution in [0.3, 0.4) is 0 Å². The lowest BCUT2D eigenvalue weighted by Gasteiger charge is -2.29. The lowest BCUT2D eigenvalue weighted by Crippen LogP contribution is -2.14. The van der Waals surface area contributed by atoms with Crippen molar-refractivity contribution in [1.29, 1.82) is 0 Å². The second kappa shape index (κ2) is 8.85. The lowest BCUT2D eigenvalue weighted by atomic mass is 9.77. The molecule has 1 aliphatic rings. The fourth-order valence-corrected chi connectivity index (χ4v) is 3.54. The van der Waals surface area contributed by atoms with Gasteiger partial charge in [-0.15, -0.1) is 0 Å². The number of benzene rings is 1. The summed E-state index contributed by atoms with van der Waals surface area (Å²) >= 11 is 0. The van der Waals surface area contributed by atoms with Crippen molar-refractivity contribution in [1.82, 2.24) is 0 Å². The van der Waals surface area contributed by atoms with E-state index in [0.29, 0.717) is 5.92 Å². The molecule has 126 valence electrons. The van der Waals surface area contributed by atoms with Crippen LogP contribution in [0.15, 0.2) is 30.9 Å². The fourth-order valence-electron chi connectivity index (χ4n) is 3.54. The van der Waals surface area contributed by atoms with Crippen molar-refractivity contribution in [3.05, 3.63) is 42.2 Å². The Hall–Kier alpha value is -1.64. The zero-order chi connectivity index (χ0) is 16.7. The summed E-state index contributed by atoms with van der Waals surface area (Å²) in [5.41, 5.74) is 1.29. The number of halogens is 1. The first-order chi connectivity index (χ1) is 11.1. The first-order valence-corrected chi connectivity index (χ1v) is 8.87. The van der Waals surface area contributed by atoms with Crippen molar-refractivity contribution >= 4 is 11.6 Å². The second-order valence-electron chi connectivity index (χ2n) is 6.65. The van der Waals surface area contributed by atoms with E-state index in [1.165, 1.54) is 38.5 Å². The van der Waals surface area contributed by atoms with Gasteiger partial charge >= 0.3 is 0 Å². The molecule has 3 heteroatoms. The molecule has 1 aromatic rings. The van der Waals surface area contributed by atoms with E-state index in [1.807, 2.05) is 6.07 Å². The number of unbranched alkanes of at least 4 members (excludes halogenated alkanes) is 2. The van der Waals surface area contributed by atoms with Gasteiger partial charge in [0, 0.05) is 0 Å². The van der Waals surface area contributed by atoms with Gasteiger partial charge in [0.05, 0.1) is 5.69 Å². The number of nitrogens with one attached hydrogen (secondary N) is 1. The molecular weight excluding hydrogens is 289 g/mol. The van der Waals surface area contributed by atoms with Crippen LogP contribution in [0.5, 0.6) is 0 Å². The summed E-state index contributed by atoms with van der Waals surface area (Å²) in [7, 11) is 0. The van der Waals surface area contributed by atoms with Gasteiger partial charge in [-0.2, -0.15) is 0 Å². The molecule has 0 bridgehead atoms. The van der Waals surface area contributed by atoms with Crippen LogP contribution in [0.1, 0.15) is 69.8 Å². The summed E-state index contributed by atoms with van der Waals surface area (Å²) in [6, 6.07) is 5.20. The number of hydrogen-bond acceptors (Lipinski definition) is 1. The molecule has 23 heavy (non-hydrogen) atoms. The highest BCUT2D eigenvalue weighted by atomic mass is 19.1. The molecule has 0 aliphatic heterocycles. The third-order valence-corrected chi connectivity index (χ3v) is 4.97. The van der Waals surface area contributed by atoms with Gasteiger partial charge in [-0.05, 0) is 61.3 Å². The van der Waals surface area contributed by atoms with Crippen molar-refractivity contribution in [3.8, 4) is 0 Å². The van der Waals surface area contributed by atoms with Crippen LogP contribution in [0.4, 0.5) is 10.1 Å². The predicted octanol–water partition coefficient (Wildman–Crippen LogP) is 5.80. The maximum Gasteiger partial charge on any atom is 0.247 e. The van der Waals surface area contributed by atoms with E-state index in [2.05, 4.69) is 18.8 Å². The van der Waals surface area contributed by atoms with Gasteiger partial charge in [-0.3, -0.25) is 4.79 Å². The third kappa shape index (κ3) is 5.19. The van der Waals surface area contributed by atoms with E-state index >= 15 is 0 Å². The number of anilines is 1. The fraction of sp³-hybridized carbons (Fsp3) is 0.550. The van der Waals surface area contributed by atoms with Gasteiger partial charge in [-0.1, -0.05) is 45.3 Å². The molecule has 1 aliphatic carbocycles. The summed E-state index contributed by atoms with van der Waals surface area (Å²) in [5.74, 6) is 0.567.